The summed E-state index contributed by atoms with van der Waals surface area (Å²) >= 11 is 0. The second-order valence-electron chi connectivity index (χ2n) is 5.14. The van der Waals surface area contributed by atoms with Gasteiger partial charge in [0.25, 0.3) is 0 Å². The Bertz CT molecular complexity index is 253. The minimum Gasteiger partial charge on any atom is -0.480 e. The number of aliphatic carboxylic acids is 1. The molecule has 1 unspecified atom stereocenters. The van der Waals surface area contributed by atoms with Gasteiger partial charge < -0.3 is 5.11 Å². The van der Waals surface area contributed by atoms with Crippen LogP contribution in [-0.2, 0) is 4.79 Å². The largest absolute Gasteiger partial charge is 0.480 e. The summed E-state index contributed by atoms with van der Waals surface area (Å²) in [6.45, 7) is 6.53. The molecule has 0 aromatic rings. The van der Waals surface area contributed by atoms with E-state index in [9.17, 15) is 4.79 Å². The van der Waals surface area contributed by atoms with Crippen LogP contribution in [-0.4, -0.2) is 59.6 Å². The molecule has 2 fully saturated rings. The Morgan fingerprint density at radius 2 is 2.06 bits per heavy atom. The molecule has 0 bridgehead atoms. The molecule has 0 aromatic heterocycles. The van der Waals surface area contributed by atoms with Crippen LogP contribution in [0.25, 0.3) is 0 Å². The van der Waals surface area contributed by atoms with Gasteiger partial charge in [0.15, 0.2) is 0 Å². The third-order valence-corrected chi connectivity index (χ3v) is 3.86. The van der Waals surface area contributed by atoms with E-state index in [0.29, 0.717) is 6.04 Å². The van der Waals surface area contributed by atoms with Gasteiger partial charge in [-0.15, -0.1) is 0 Å². The molecular weight excluding hydrogens is 204 g/mol. The van der Waals surface area contributed by atoms with E-state index in [1.165, 1.54) is 12.8 Å². The molecule has 0 spiro atoms. The Morgan fingerprint density at radius 3 is 2.69 bits per heavy atom. The first-order valence-electron chi connectivity index (χ1n) is 6.35. The van der Waals surface area contributed by atoms with Crippen LogP contribution in [0.3, 0.4) is 0 Å². The summed E-state index contributed by atoms with van der Waals surface area (Å²) in [6.07, 6.45) is 3.87. The zero-order valence-corrected chi connectivity index (χ0v) is 10.1. The number of hydrogen-bond donors (Lipinski definition) is 1. The van der Waals surface area contributed by atoms with E-state index in [1.807, 2.05) is 0 Å². The zero-order chi connectivity index (χ0) is 11.5. The molecule has 1 saturated heterocycles. The average Bonchev–Trinajstić information content (AvgIpc) is 3.03. The van der Waals surface area contributed by atoms with Crippen LogP contribution in [0, 0.1) is 5.92 Å². The molecule has 2 rings (SSSR count). The Hall–Kier alpha value is -0.610. The first-order chi connectivity index (χ1) is 7.66. The first kappa shape index (κ1) is 11.9. The molecule has 2 aliphatic rings. The van der Waals surface area contributed by atoms with Crippen molar-refractivity contribution in [1.82, 2.24) is 9.80 Å². The number of nitrogens with zero attached hydrogens (tertiary/aromatic N) is 2. The highest BCUT2D eigenvalue weighted by Crippen LogP contribution is 2.35. The molecule has 4 nitrogen and oxygen atoms in total. The van der Waals surface area contributed by atoms with E-state index in [2.05, 4.69) is 16.7 Å². The van der Waals surface area contributed by atoms with Crippen molar-refractivity contribution < 1.29 is 9.90 Å². The van der Waals surface area contributed by atoms with E-state index >= 15 is 0 Å². The summed E-state index contributed by atoms with van der Waals surface area (Å²) < 4.78 is 0. The molecule has 92 valence electrons. The van der Waals surface area contributed by atoms with E-state index < -0.39 is 5.97 Å². The van der Waals surface area contributed by atoms with Gasteiger partial charge in [-0.1, -0.05) is 0 Å². The highest BCUT2D eigenvalue weighted by Gasteiger charge is 2.32. The first-order valence-corrected chi connectivity index (χ1v) is 6.35. The fourth-order valence-electron chi connectivity index (χ4n) is 2.62. The Kier molecular flexibility index (Phi) is 3.82. The minimum absolute atomic E-state index is 0.200. The highest BCUT2D eigenvalue weighted by molar-refractivity contribution is 5.69. The van der Waals surface area contributed by atoms with Crippen molar-refractivity contribution in [2.24, 2.45) is 5.92 Å². The molecule has 1 heterocycles. The lowest BCUT2D eigenvalue weighted by molar-refractivity contribution is -0.138. The molecular formula is C12H22N2O2. The van der Waals surface area contributed by atoms with Crippen LogP contribution in [0.4, 0.5) is 0 Å². The predicted molar refractivity (Wildman–Crippen MR) is 62.5 cm³/mol. The second-order valence-corrected chi connectivity index (χ2v) is 5.14. The third kappa shape index (κ3) is 3.19. The summed E-state index contributed by atoms with van der Waals surface area (Å²) in [4.78, 5) is 15.3. The summed E-state index contributed by atoms with van der Waals surface area (Å²) in [5.41, 5.74) is 0. The van der Waals surface area contributed by atoms with E-state index in [-0.39, 0.29) is 6.54 Å². The van der Waals surface area contributed by atoms with Gasteiger partial charge in [-0.05, 0) is 38.6 Å². The third-order valence-electron chi connectivity index (χ3n) is 3.86. The predicted octanol–water partition coefficient (Wildman–Crippen LogP) is 0.877. The van der Waals surface area contributed by atoms with Crippen LogP contribution in [0.5, 0.6) is 0 Å². The SMILES string of the molecule is CC(C1CC1)N1CCCN(CC(=O)O)CC1. The van der Waals surface area contributed by atoms with Gasteiger partial charge in [0.05, 0.1) is 6.54 Å². The molecule has 0 amide bonds. The molecule has 1 N–H and O–H groups in total. The quantitative estimate of drug-likeness (QED) is 0.773. The van der Waals surface area contributed by atoms with E-state index in [0.717, 1.165) is 38.5 Å². The molecule has 0 radical (unpaired) electrons. The van der Waals surface area contributed by atoms with Crippen molar-refractivity contribution in [3.63, 3.8) is 0 Å². The van der Waals surface area contributed by atoms with Crippen LogP contribution in [0.1, 0.15) is 26.2 Å². The van der Waals surface area contributed by atoms with Crippen molar-refractivity contribution in [1.29, 1.82) is 0 Å². The maximum atomic E-state index is 10.7. The van der Waals surface area contributed by atoms with Crippen LogP contribution >= 0.6 is 0 Å². The second kappa shape index (κ2) is 5.15. The smallest absolute Gasteiger partial charge is 0.317 e. The summed E-state index contributed by atoms with van der Waals surface area (Å²) in [6, 6.07) is 0.699. The fraction of sp³-hybridized carbons (Fsp3) is 0.917. The summed E-state index contributed by atoms with van der Waals surface area (Å²) in [5, 5.41) is 8.78. The van der Waals surface area contributed by atoms with Gasteiger partial charge in [-0.25, -0.2) is 0 Å². The normalized spacial score (nSPS) is 26.3. The van der Waals surface area contributed by atoms with Gasteiger partial charge in [0.2, 0.25) is 0 Å². The number of hydrogen-bond acceptors (Lipinski definition) is 3. The standard InChI is InChI=1S/C12H22N2O2/c1-10(11-3-4-11)14-6-2-5-13(7-8-14)9-12(15)16/h10-11H,2-9H2,1H3,(H,15,16). The molecule has 1 aliphatic carbocycles. The van der Waals surface area contributed by atoms with Gasteiger partial charge in [-0.3, -0.25) is 14.6 Å². The van der Waals surface area contributed by atoms with E-state index in [4.69, 9.17) is 5.11 Å². The topological polar surface area (TPSA) is 43.8 Å². The number of carbonyl (C=O) groups is 1. The van der Waals surface area contributed by atoms with E-state index in [1.54, 1.807) is 0 Å². The number of carboxylic acid groups (broad SMARTS) is 1. The minimum atomic E-state index is -0.705. The van der Waals surface area contributed by atoms with Crippen LogP contribution in [0.2, 0.25) is 0 Å². The maximum absolute atomic E-state index is 10.7. The molecule has 4 heteroatoms. The highest BCUT2D eigenvalue weighted by atomic mass is 16.4. The average molecular weight is 226 g/mol. The fourth-order valence-corrected chi connectivity index (χ4v) is 2.62. The van der Waals surface area contributed by atoms with Crippen LogP contribution < -0.4 is 0 Å². The van der Waals surface area contributed by atoms with Gasteiger partial charge >= 0.3 is 5.97 Å². The number of carboxylic acids is 1. The lowest BCUT2D eigenvalue weighted by Gasteiger charge is -2.27. The molecule has 1 aliphatic heterocycles. The molecule has 0 aromatic carbocycles. The molecule has 16 heavy (non-hydrogen) atoms. The van der Waals surface area contributed by atoms with Crippen molar-refractivity contribution >= 4 is 5.97 Å². The van der Waals surface area contributed by atoms with Crippen molar-refractivity contribution in [2.75, 3.05) is 32.7 Å². The summed E-state index contributed by atoms with van der Waals surface area (Å²) in [5.74, 6) is 0.203. The Morgan fingerprint density at radius 1 is 1.31 bits per heavy atom. The van der Waals surface area contributed by atoms with Crippen molar-refractivity contribution in [2.45, 2.75) is 32.2 Å². The lowest BCUT2D eigenvalue weighted by atomic mass is 10.2. The Balaban J connectivity index is 1.80. The molecule has 1 atom stereocenters. The lowest BCUT2D eigenvalue weighted by Crippen LogP contribution is -2.38. The maximum Gasteiger partial charge on any atom is 0.317 e. The zero-order valence-electron chi connectivity index (χ0n) is 10.1. The Labute approximate surface area is 97.2 Å². The van der Waals surface area contributed by atoms with Crippen molar-refractivity contribution in [3.05, 3.63) is 0 Å². The summed E-state index contributed by atoms with van der Waals surface area (Å²) in [7, 11) is 0. The molecule has 1 saturated carbocycles. The van der Waals surface area contributed by atoms with Crippen molar-refractivity contribution in [3.8, 4) is 0 Å². The monoisotopic (exact) mass is 226 g/mol. The number of rotatable bonds is 4. The van der Waals surface area contributed by atoms with Gasteiger partial charge in [-0.2, -0.15) is 0 Å². The van der Waals surface area contributed by atoms with Gasteiger partial charge in [0, 0.05) is 25.7 Å². The van der Waals surface area contributed by atoms with Crippen LogP contribution in [0.15, 0.2) is 0 Å². The van der Waals surface area contributed by atoms with Gasteiger partial charge in [0.1, 0.15) is 0 Å².